The predicted octanol–water partition coefficient (Wildman–Crippen LogP) is 17.2. The molecule has 346 valence electrons. The van der Waals surface area contributed by atoms with Gasteiger partial charge in [0, 0.05) is 43.2 Å². The van der Waals surface area contributed by atoms with Crippen molar-refractivity contribution in [1.82, 2.24) is 13.5 Å². The van der Waals surface area contributed by atoms with E-state index >= 15 is 0 Å². The zero-order valence-corrected chi connectivity index (χ0v) is 43.9. The molecule has 0 saturated carbocycles. The van der Waals surface area contributed by atoms with E-state index in [9.17, 15) is 0 Å². The fourth-order valence-corrected chi connectivity index (χ4v) is 10.7. The molecule has 7 heteroatoms. The van der Waals surface area contributed by atoms with Gasteiger partial charge in [-0.1, -0.05) is 207 Å². The zero-order chi connectivity index (χ0) is 41.4. The minimum absolute atomic E-state index is 0. The lowest BCUT2D eigenvalue weighted by atomic mass is 9.80. The van der Waals surface area contributed by atoms with Gasteiger partial charge in [-0.3, -0.25) is 13.5 Å². The van der Waals surface area contributed by atoms with Gasteiger partial charge in [-0.05, 0) is 95.9 Å². The summed E-state index contributed by atoms with van der Waals surface area (Å²) in [6.07, 6.45) is 43.0. The second-order valence-corrected chi connectivity index (χ2v) is 21.7. The van der Waals surface area contributed by atoms with Crippen LogP contribution in [0.2, 0.25) is 0 Å². The molecule has 0 spiro atoms. The van der Waals surface area contributed by atoms with Gasteiger partial charge >= 0.3 is 0 Å². The molecule has 3 nitrogen and oxygen atoms in total. The van der Waals surface area contributed by atoms with Crippen LogP contribution in [0.1, 0.15) is 254 Å². The Labute approximate surface area is 383 Å². The quantitative estimate of drug-likeness (QED) is 0.0370. The lowest BCUT2D eigenvalue weighted by Crippen LogP contribution is -2.48. The molecule has 0 aromatic heterocycles. The topological polar surface area (TPSA) is 9.72 Å². The Morgan fingerprint density at radius 3 is 0.947 bits per heavy atom. The fraction of sp³-hybridized carbons (Fsp3) is 1.00. The van der Waals surface area contributed by atoms with E-state index in [4.69, 9.17) is 12.6 Å². The number of hydrogen-bond donors (Lipinski definition) is 1. The maximum Gasteiger partial charge on any atom is 0.0158 e. The van der Waals surface area contributed by atoms with Crippen LogP contribution in [0.3, 0.4) is 0 Å². The molecule has 0 bridgehead atoms. The van der Waals surface area contributed by atoms with Crippen molar-refractivity contribution in [3.05, 3.63) is 0 Å². The van der Waals surface area contributed by atoms with Gasteiger partial charge in [0.2, 0.25) is 0 Å². The highest BCUT2D eigenvalue weighted by molar-refractivity contribution is 7.97. The maximum atomic E-state index is 4.75. The van der Waals surface area contributed by atoms with Gasteiger partial charge in [0.15, 0.2) is 0 Å². The summed E-state index contributed by atoms with van der Waals surface area (Å²) in [6, 6.07) is 0. The first-order valence-electron chi connectivity index (χ1n) is 25.3. The van der Waals surface area contributed by atoms with Crippen molar-refractivity contribution in [2.24, 2.45) is 5.41 Å². The molecule has 0 aromatic carbocycles. The van der Waals surface area contributed by atoms with E-state index in [-0.39, 0.29) is 24.4 Å². The van der Waals surface area contributed by atoms with Crippen LogP contribution >= 0.6 is 50.0 Å². The number of thiol groups is 1. The molecule has 0 N–H and O–H groups in total. The molecule has 0 unspecified atom stereocenters. The number of nitrogens with zero attached hydrogens (tertiary/aromatic N) is 3. The standard InChI is InChI=1S/C50H105N3S3.H2S/c1-9-13-17-21-27-35-43-52(41-33-19-15-11-3)55-45-37-29-23-25-31-39-51(50(7,8)47-49(5,6)48-54)40-32-26-24-30-38-46-56-53(42-34-20-16-12-4)44-36-28-22-18-14-10-2;/h54H,9-48H2,1-8H3;1H2. The lowest BCUT2D eigenvalue weighted by Gasteiger charge is -2.43. The minimum atomic E-state index is 0. The first kappa shape index (κ1) is 60.4. The Kier molecular flexibility index (Phi) is 46.5. The Bertz CT molecular complexity index is 735. The van der Waals surface area contributed by atoms with Crippen molar-refractivity contribution in [2.45, 2.75) is 260 Å². The minimum Gasteiger partial charge on any atom is -0.298 e. The van der Waals surface area contributed by atoms with Crippen LogP contribution in [-0.4, -0.2) is 75.6 Å². The van der Waals surface area contributed by atoms with Crippen LogP contribution in [0.5, 0.6) is 0 Å². The second-order valence-electron chi connectivity index (χ2n) is 19.0. The summed E-state index contributed by atoms with van der Waals surface area (Å²) < 4.78 is 5.48. The number of hydrogen-bond acceptors (Lipinski definition) is 6. The summed E-state index contributed by atoms with van der Waals surface area (Å²) in [5, 5.41) is 0. The SMILES string of the molecule is CCCCCCCCN(CCCCCC)SCCCCCCCN(CCCCCCCSN(CCCCCC)CCCCCCCC)C(C)(C)CC(C)(C)CS.S. The molecule has 0 atom stereocenters. The van der Waals surface area contributed by atoms with Crippen LogP contribution in [0.15, 0.2) is 0 Å². The van der Waals surface area contributed by atoms with Gasteiger partial charge in [-0.2, -0.15) is 26.1 Å². The van der Waals surface area contributed by atoms with E-state index < -0.39 is 0 Å². The largest absolute Gasteiger partial charge is 0.298 e. The molecule has 0 aromatic rings. The fourth-order valence-electron chi connectivity index (χ4n) is 8.36. The first-order chi connectivity index (χ1) is 27.2. The van der Waals surface area contributed by atoms with E-state index in [1.54, 1.807) is 0 Å². The highest BCUT2D eigenvalue weighted by Crippen LogP contribution is 2.33. The summed E-state index contributed by atoms with van der Waals surface area (Å²) >= 11 is 9.09. The van der Waals surface area contributed by atoms with Crippen molar-refractivity contribution >= 4 is 50.0 Å². The molecular formula is C50H107N3S4. The molecule has 0 fully saturated rings. The predicted molar refractivity (Wildman–Crippen MR) is 278 cm³/mol. The summed E-state index contributed by atoms with van der Waals surface area (Å²) in [6.45, 7) is 26.9. The van der Waals surface area contributed by atoms with E-state index in [1.165, 1.54) is 250 Å². The van der Waals surface area contributed by atoms with Crippen molar-refractivity contribution in [3.8, 4) is 0 Å². The van der Waals surface area contributed by atoms with Gasteiger partial charge < -0.3 is 0 Å². The normalized spacial score (nSPS) is 12.4. The first-order valence-corrected chi connectivity index (χ1v) is 27.8. The Balaban J connectivity index is 0. The Morgan fingerprint density at radius 2 is 0.632 bits per heavy atom. The van der Waals surface area contributed by atoms with E-state index in [1.807, 2.05) is 0 Å². The average Bonchev–Trinajstić information content (AvgIpc) is 3.17. The van der Waals surface area contributed by atoms with E-state index in [0.29, 0.717) is 0 Å². The smallest absolute Gasteiger partial charge is 0.0158 e. The van der Waals surface area contributed by atoms with Crippen molar-refractivity contribution in [3.63, 3.8) is 0 Å². The molecule has 0 radical (unpaired) electrons. The molecular weight excluding hydrogens is 771 g/mol. The molecule has 0 aliphatic heterocycles. The van der Waals surface area contributed by atoms with Crippen LogP contribution in [0.25, 0.3) is 0 Å². The maximum absolute atomic E-state index is 4.75. The van der Waals surface area contributed by atoms with Crippen LogP contribution in [-0.2, 0) is 0 Å². The highest BCUT2D eigenvalue weighted by atomic mass is 32.2. The molecule has 0 saturated heterocycles. The van der Waals surface area contributed by atoms with Gasteiger partial charge in [0.25, 0.3) is 0 Å². The zero-order valence-electron chi connectivity index (χ0n) is 40.4. The summed E-state index contributed by atoms with van der Waals surface area (Å²) in [7, 11) is 0. The molecule has 0 amide bonds. The monoisotopic (exact) mass is 878 g/mol. The van der Waals surface area contributed by atoms with Crippen molar-refractivity contribution in [2.75, 3.05) is 56.5 Å². The molecule has 0 aliphatic rings. The van der Waals surface area contributed by atoms with Crippen molar-refractivity contribution in [1.29, 1.82) is 0 Å². The van der Waals surface area contributed by atoms with Gasteiger partial charge in [-0.25, -0.2) is 0 Å². The van der Waals surface area contributed by atoms with Gasteiger partial charge in [0.05, 0.1) is 0 Å². The van der Waals surface area contributed by atoms with Crippen molar-refractivity contribution < 1.29 is 0 Å². The average molecular weight is 879 g/mol. The number of unbranched alkanes of at least 4 members (excludes halogenated alkanes) is 24. The Hall–Kier alpha value is 1.28. The van der Waals surface area contributed by atoms with Gasteiger partial charge in [-0.15, -0.1) is 0 Å². The van der Waals surface area contributed by atoms with Crippen LogP contribution in [0.4, 0.5) is 0 Å². The van der Waals surface area contributed by atoms with E-state index in [2.05, 4.69) is 92.8 Å². The van der Waals surface area contributed by atoms with E-state index in [0.717, 1.165) is 5.75 Å². The number of rotatable bonds is 46. The van der Waals surface area contributed by atoms with Crippen LogP contribution in [0, 0.1) is 5.41 Å². The van der Waals surface area contributed by atoms with Crippen LogP contribution < -0.4 is 0 Å². The lowest BCUT2D eigenvalue weighted by molar-refractivity contribution is 0.0743. The third-order valence-corrected chi connectivity index (χ3v) is 15.2. The molecule has 0 rings (SSSR count). The summed E-state index contributed by atoms with van der Waals surface area (Å²) in [4.78, 5) is 2.88. The summed E-state index contributed by atoms with van der Waals surface area (Å²) in [5.74, 6) is 3.60. The molecule has 0 aliphatic carbocycles. The second kappa shape index (κ2) is 43.9. The summed E-state index contributed by atoms with van der Waals surface area (Å²) in [5.41, 5.74) is 0.505. The third kappa shape index (κ3) is 39.8. The molecule has 57 heavy (non-hydrogen) atoms. The molecule has 0 heterocycles. The van der Waals surface area contributed by atoms with Gasteiger partial charge in [0.1, 0.15) is 0 Å². The highest BCUT2D eigenvalue weighted by Gasteiger charge is 2.32. The third-order valence-electron chi connectivity index (χ3n) is 11.9. The Morgan fingerprint density at radius 1 is 0.368 bits per heavy atom.